The molecule has 0 aliphatic rings. The monoisotopic (exact) mass is 364 g/mol. The first kappa shape index (κ1) is 17.2. The maximum atomic E-state index is 13.4. The predicted molar refractivity (Wildman–Crippen MR) is 100 cm³/mol. The van der Waals surface area contributed by atoms with Crippen molar-refractivity contribution in [1.29, 1.82) is 0 Å². The summed E-state index contributed by atoms with van der Waals surface area (Å²) in [5, 5.41) is 2.58. The molecule has 0 aliphatic carbocycles. The summed E-state index contributed by atoms with van der Waals surface area (Å²) in [5.74, 6) is 1.11. The lowest BCUT2D eigenvalue weighted by Gasteiger charge is -2.17. The van der Waals surface area contributed by atoms with Crippen LogP contribution in [0.2, 0.25) is 0 Å². The Labute approximate surface area is 155 Å². The van der Waals surface area contributed by atoms with Gasteiger partial charge in [-0.3, -0.25) is 9.36 Å². The molecule has 0 radical (unpaired) electrons. The zero-order valence-electron chi connectivity index (χ0n) is 14.8. The molecule has 136 valence electrons. The van der Waals surface area contributed by atoms with Crippen LogP contribution >= 0.6 is 0 Å². The van der Waals surface area contributed by atoms with Gasteiger partial charge in [0.1, 0.15) is 18.4 Å². The van der Waals surface area contributed by atoms with E-state index < -0.39 is 0 Å². The van der Waals surface area contributed by atoms with E-state index in [9.17, 15) is 9.18 Å². The highest BCUT2D eigenvalue weighted by Gasteiger charge is 2.20. The summed E-state index contributed by atoms with van der Waals surface area (Å²) in [6.07, 6.45) is 1.64. The third kappa shape index (κ3) is 3.39. The lowest BCUT2D eigenvalue weighted by atomic mass is 10.2. The average molecular weight is 364 g/mol. The van der Waals surface area contributed by atoms with Crippen LogP contribution in [0.1, 0.15) is 24.6 Å². The van der Waals surface area contributed by atoms with Gasteiger partial charge in [0.25, 0.3) is 5.56 Å². The van der Waals surface area contributed by atoms with Crippen molar-refractivity contribution >= 4 is 10.9 Å². The molecule has 2 N–H and O–H groups in total. The number of aromatic nitrogens is 2. The topological polar surface area (TPSA) is 64.6 Å². The summed E-state index contributed by atoms with van der Waals surface area (Å²) in [6, 6.07) is 16.8. The van der Waals surface area contributed by atoms with E-state index in [1.807, 2.05) is 37.3 Å². The number of nitrogens with two attached hydrogens (primary N) is 1. The first-order chi connectivity index (χ1) is 13.1. The highest BCUT2D eigenvalue weighted by molar-refractivity contribution is 5.77. The van der Waals surface area contributed by atoms with Gasteiger partial charge < -0.3 is 9.73 Å². The molecule has 1 atom stereocenters. The van der Waals surface area contributed by atoms with Gasteiger partial charge in [0.2, 0.25) is 0 Å². The van der Waals surface area contributed by atoms with Crippen LogP contribution in [0.25, 0.3) is 16.6 Å². The minimum Gasteiger partial charge on any atom is -0.463 e. The van der Waals surface area contributed by atoms with E-state index >= 15 is 0 Å². The fraction of sp³-hybridized carbons (Fsp3) is 0.143. The van der Waals surface area contributed by atoms with Crippen LogP contribution in [0.4, 0.5) is 4.39 Å². The second-order valence-electron chi connectivity index (χ2n) is 6.41. The summed E-state index contributed by atoms with van der Waals surface area (Å²) in [7, 11) is 0. The van der Waals surface area contributed by atoms with E-state index in [1.54, 1.807) is 29.0 Å². The minimum absolute atomic E-state index is 0.113. The molecule has 2 aromatic heterocycles. The zero-order chi connectivity index (χ0) is 18.8. The molecule has 2 aromatic carbocycles. The number of hydrogen-bond donors (Lipinski definition) is 1. The second kappa shape index (κ2) is 7.17. The number of furan rings is 1. The third-order valence-corrected chi connectivity index (χ3v) is 4.55. The average Bonchev–Trinajstić information content (AvgIpc) is 3.21. The molecular weight excluding hydrogens is 345 g/mol. The van der Waals surface area contributed by atoms with Crippen molar-refractivity contribution in [2.45, 2.75) is 19.5 Å². The number of rotatable bonds is 5. The molecule has 0 fully saturated rings. The van der Waals surface area contributed by atoms with Crippen LogP contribution in [0, 0.1) is 5.82 Å². The maximum Gasteiger partial charge on any atom is 0.266 e. The van der Waals surface area contributed by atoms with Crippen LogP contribution < -0.4 is 10.9 Å². The van der Waals surface area contributed by atoms with Crippen molar-refractivity contribution < 1.29 is 14.1 Å². The Balaban J connectivity index is 1.83. The van der Waals surface area contributed by atoms with Gasteiger partial charge in [-0.05, 0) is 55.5 Å². The van der Waals surface area contributed by atoms with Gasteiger partial charge in [-0.25, -0.2) is 9.37 Å². The number of quaternary nitrogens is 1. The zero-order valence-corrected chi connectivity index (χ0v) is 14.8. The van der Waals surface area contributed by atoms with Crippen molar-refractivity contribution in [3.63, 3.8) is 0 Å². The van der Waals surface area contributed by atoms with Gasteiger partial charge in [0, 0.05) is 0 Å². The molecule has 4 rings (SSSR count). The van der Waals surface area contributed by atoms with Gasteiger partial charge in [0.15, 0.2) is 11.6 Å². The molecule has 0 spiro atoms. The van der Waals surface area contributed by atoms with E-state index in [0.717, 1.165) is 5.76 Å². The Morgan fingerprint density at radius 1 is 1.11 bits per heavy atom. The molecule has 4 aromatic rings. The first-order valence-electron chi connectivity index (χ1n) is 8.77. The number of fused-ring (bicyclic) bond motifs is 1. The van der Waals surface area contributed by atoms with E-state index in [1.165, 1.54) is 12.1 Å². The Hall–Kier alpha value is -3.25. The second-order valence-corrected chi connectivity index (χ2v) is 6.41. The van der Waals surface area contributed by atoms with Crippen molar-refractivity contribution in [3.05, 3.63) is 94.7 Å². The van der Waals surface area contributed by atoms with Crippen molar-refractivity contribution in [2.75, 3.05) is 0 Å². The highest BCUT2D eigenvalue weighted by Crippen LogP contribution is 2.16. The number of benzene rings is 2. The summed E-state index contributed by atoms with van der Waals surface area (Å²) in [6.45, 7) is 2.61. The Morgan fingerprint density at radius 2 is 1.89 bits per heavy atom. The molecule has 27 heavy (non-hydrogen) atoms. The summed E-state index contributed by atoms with van der Waals surface area (Å²) in [4.78, 5) is 17.9. The smallest absolute Gasteiger partial charge is 0.266 e. The Morgan fingerprint density at radius 3 is 2.63 bits per heavy atom. The normalized spacial score (nSPS) is 12.4. The highest BCUT2D eigenvalue weighted by atomic mass is 19.1. The van der Waals surface area contributed by atoms with E-state index in [0.29, 0.717) is 29.0 Å². The first-order valence-corrected chi connectivity index (χ1v) is 8.77. The van der Waals surface area contributed by atoms with Crippen LogP contribution in [0.15, 0.2) is 76.1 Å². The molecule has 5 nitrogen and oxygen atoms in total. The standard InChI is InChI=1S/C21H18FN3O2/c1-14(23-13-17-5-4-12-27-17)20-24-19-7-3-2-6-18(19)21(26)25(20)16-10-8-15(22)9-11-16/h2-12,14,23H,13H2,1H3/p+1/t14-/m0/s1. The van der Waals surface area contributed by atoms with Crippen molar-refractivity contribution in [1.82, 2.24) is 9.55 Å². The molecule has 0 aliphatic heterocycles. The number of para-hydroxylation sites is 1. The number of nitrogens with zero attached hydrogens (tertiary/aromatic N) is 2. The van der Waals surface area contributed by atoms with Crippen LogP contribution in [-0.2, 0) is 6.54 Å². The molecule has 0 bridgehead atoms. The Kier molecular flexibility index (Phi) is 4.56. The molecular formula is C21H19FN3O2+. The fourth-order valence-corrected chi connectivity index (χ4v) is 3.12. The fourth-order valence-electron chi connectivity index (χ4n) is 3.12. The van der Waals surface area contributed by atoms with Crippen molar-refractivity contribution in [3.8, 4) is 5.69 Å². The number of hydrogen-bond acceptors (Lipinski definition) is 3. The van der Waals surface area contributed by atoms with Crippen molar-refractivity contribution in [2.24, 2.45) is 0 Å². The molecule has 0 saturated carbocycles. The lowest BCUT2D eigenvalue weighted by Crippen LogP contribution is -2.83. The summed E-state index contributed by atoms with van der Waals surface area (Å²) >= 11 is 0. The molecule has 2 heterocycles. The lowest BCUT2D eigenvalue weighted by molar-refractivity contribution is -0.710. The van der Waals surface area contributed by atoms with E-state index in [4.69, 9.17) is 9.40 Å². The van der Waals surface area contributed by atoms with Gasteiger partial charge in [0.05, 0.1) is 22.9 Å². The Bertz CT molecular complexity index is 1120. The quantitative estimate of drug-likeness (QED) is 0.592. The van der Waals surface area contributed by atoms with Crippen LogP contribution in [-0.4, -0.2) is 9.55 Å². The van der Waals surface area contributed by atoms with Gasteiger partial charge in [-0.1, -0.05) is 12.1 Å². The largest absolute Gasteiger partial charge is 0.463 e. The minimum atomic E-state index is -0.348. The van der Waals surface area contributed by atoms with Crippen LogP contribution in [0.5, 0.6) is 0 Å². The summed E-state index contributed by atoms with van der Waals surface area (Å²) in [5.41, 5.74) is 1.07. The van der Waals surface area contributed by atoms with E-state index in [-0.39, 0.29) is 17.4 Å². The molecule has 0 unspecified atom stereocenters. The molecule has 0 saturated heterocycles. The summed E-state index contributed by atoms with van der Waals surface area (Å²) < 4.78 is 20.3. The SMILES string of the molecule is C[C@H]([NH2+]Cc1ccco1)c1nc2ccccc2c(=O)n1-c1ccc(F)cc1. The van der Waals surface area contributed by atoms with Gasteiger partial charge in [-0.2, -0.15) is 0 Å². The third-order valence-electron chi connectivity index (χ3n) is 4.55. The van der Waals surface area contributed by atoms with Crippen LogP contribution in [0.3, 0.4) is 0 Å². The molecule has 0 amide bonds. The van der Waals surface area contributed by atoms with E-state index in [2.05, 4.69) is 5.32 Å². The predicted octanol–water partition coefficient (Wildman–Crippen LogP) is 2.94. The van der Waals surface area contributed by atoms with Gasteiger partial charge >= 0.3 is 0 Å². The number of halogens is 1. The van der Waals surface area contributed by atoms with Gasteiger partial charge in [-0.15, -0.1) is 0 Å². The molecule has 6 heteroatoms. The maximum absolute atomic E-state index is 13.4.